The van der Waals surface area contributed by atoms with Crippen LogP contribution in [0.15, 0.2) is 4.99 Å². The Morgan fingerprint density at radius 1 is 1.26 bits per heavy atom. The van der Waals surface area contributed by atoms with Crippen molar-refractivity contribution in [1.29, 1.82) is 0 Å². The standard InChI is InChI=1S/C20H37N3O3.HI/c1-3-21-18(22-14-19(9-11-24)10-12-25-15-19)23-16-13-17(26-4-2)20(16)7-5-6-8-20;/h16-17,24H,3-15H2,1-2H3,(H2,21,22,23);1H. The lowest BCUT2D eigenvalue weighted by Crippen LogP contribution is -2.65. The number of aliphatic hydroxyl groups excluding tert-OH is 1. The van der Waals surface area contributed by atoms with Crippen LogP contribution < -0.4 is 10.6 Å². The zero-order valence-corrected chi connectivity index (χ0v) is 19.3. The summed E-state index contributed by atoms with van der Waals surface area (Å²) in [5, 5.41) is 16.6. The third kappa shape index (κ3) is 5.08. The highest BCUT2D eigenvalue weighted by Crippen LogP contribution is 2.54. The molecule has 1 aliphatic heterocycles. The summed E-state index contributed by atoms with van der Waals surface area (Å²) in [6.07, 6.45) is 8.36. The van der Waals surface area contributed by atoms with Crippen LogP contribution in [0.4, 0.5) is 0 Å². The van der Waals surface area contributed by atoms with Gasteiger partial charge in [-0.15, -0.1) is 24.0 Å². The number of hydrogen-bond acceptors (Lipinski definition) is 4. The number of rotatable bonds is 8. The van der Waals surface area contributed by atoms with E-state index in [-0.39, 0.29) is 36.0 Å². The predicted molar refractivity (Wildman–Crippen MR) is 119 cm³/mol. The maximum absolute atomic E-state index is 9.42. The molecule has 158 valence electrons. The van der Waals surface area contributed by atoms with Gasteiger partial charge in [-0.3, -0.25) is 4.99 Å². The molecule has 0 amide bonds. The summed E-state index contributed by atoms with van der Waals surface area (Å²) in [5.74, 6) is 0.905. The monoisotopic (exact) mass is 495 g/mol. The molecular formula is C20H38IN3O3. The molecule has 3 fully saturated rings. The molecule has 3 atom stereocenters. The minimum absolute atomic E-state index is 0. The second-order valence-corrected chi connectivity index (χ2v) is 8.29. The van der Waals surface area contributed by atoms with Crippen LogP contribution in [0.1, 0.15) is 58.8 Å². The molecule has 1 heterocycles. The van der Waals surface area contributed by atoms with Crippen molar-refractivity contribution in [2.45, 2.75) is 70.9 Å². The molecule has 3 unspecified atom stereocenters. The fourth-order valence-electron chi connectivity index (χ4n) is 5.11. The number of ether oxygens (including phenoxy) is 2. The van der Waals surface area contributed by atoms with Gasteiger partial charge < -0.3 is 25.2 Å². The van der Waals surface area contributed by atoms with Crippen molar-refractivity contribution in [2.75, 3.05) is 39.5 Å². The molecular weight excluding hydrogens is 457 g/mol. The molecule has 3 rings (SSSR count). The molecule has 3 N–H and O–H groups in total. The first-order valence-electron chi connectivity index (χ1n) is 10.5. The van der Waals surface area contributed by atoms with Crippen LogP contribution in [0.3, 0.4) is 0 Å². The summed E-state index contributed by atoms with van der Waals surface area (Å²) in [7, 11) is 0. The molecule has 6 nitrogen and oxygen atoms in total. The van der Waals surface area contributed by atoms with Crippen LogP contribution >= 0.6 is 24.0 Å². The topological polar surface area (TPSA) is 75.1 Å². The van der Waals surface area contributed by atoms with Crippen LogP contribution in [0, 0.1) is 10.8 Å². The number of guanidine groups is 1. The summed E-state index contributed by atoms with van der Waals surface area (Å²) in [4.78, 5) is 4.90. The minimum Gasteiger partial charge on any atom is -0.396 e. The molecule has 2 saturated carbocycles. The fraction of sp³-hybridized carbons (Fsp3) is 0.950. The number of nitrogens with zero attached hydrogens (tertiary/aromatic N) is 1. The van der Waals surface area contributed by atoms with E-state index in [4.69, 9.17) is 14.5 Å². The molecule has 1 saturated heterocycles. The van der Waals surface area contributed by atoms with Gasteiger partial charge in [0.25, 0.3) is 0 Å². The Kier molecular flexibility index (Phi) is 9.09. The van der Waals surface area contributed by atoms with Gasteiger partial charge in [-0.2, -0.15) is 0 Å². The summed E-state index contributed by atoms with van der Waals surface area (Å²) < 4.78 is 11.6. The van der Waals surface area contributed by atoms with E-state index in [1.54, 1.807) is 0 Å². The molecule has 3 aliphatic rings. The Balaban J connectivity index is 0.00000261. The van der Waals surface area contributed by atoms with Gasteiger partial charge >= 0.3 is 0 Å². The van der Waals surface area contributed by atoms with Crippen molar-refractivity contribution in [1.82, 2.24) is 10.6 Å². The van der Waals surface area contributed by atoms with Crippen molar-refractivity contribution >= 4 is 29.9 Å². The van der Waals surface area contributed by atoms with E-state index in [1.165, 1.54) is 25.7 Å². The molecule has 7 heteroatoms. The lowest BCUT2D eigenvalue weighted by Gasteiger charge is -2.54. The molecule has 2 aliphatic carbocycles. The summed E-state index contributed by atoms with van der Waals surface area (Å²) in [6, 6.07) is 0.452. The summed E-state index contributed by atoms with van der Waals surface area (Å²) >= 11 is 0. The zero-order valence-electron chi connectivity index (χ0n) is 17.0. The second-order valence-electron chi connectivity index (χ2n) is 8.29. The van der Waals surface area contributed by atoms with Gasteiger partial charge in [0.15, 0.2) is 5.96 Å². The normalized spacial score (nSPS) is 32.2. The van der Waals surface area contributed by atoms with Crippen molar-refractivity contribution in [3.05, 3.63) is 0 Å². The van der Waals surface area contributed by atoms with E-state index in [2.05, 4.69) is 24.5 Å². The Bertz CT molecular complexity index is 477. The number of aliphatic imine (C=N–C) groups is 1. The Hall–Kier alpha value is -0.120. The third-order valence-corrected chi connectivity index (χ3v) is 6.74. The first-order chi connectivity index (χ1) is 12.7. The van der Waals surface area contributed by atoms with Crippen LogP contribution in [0.25, 0.3) is 0 Å². The average molecular weight is 495 g/mol. The molecule has 0 aromatic carbocycles. The average Bonchev–Trinajstić information content (AvgIpc) is 3.31. The zero-order chi connectivity index (χ0) is 18.5. The highest BCUT2D eigenvalue weighted by Gasteiger charge is 2.57. The van der Waals surface area contributed by atoms with Crippen LogP contribution in [-0.4, -0.2) is 62.7 Å². The molecule has 0 aromatic heterocycles. The molecule has 0 radical (unpaired) electrons. The molecule has 0 aromatic rings. The SMILES string of the molecule is CCNC(=NCC1(CCO)CCOC1)NC1CC(OCC)C12CCCC2.I. The second kappa shape index (κ2) is 10.6. The number of hydrogen-bond donors (Lipinski definition) is 3. The quantitative estimate of drug-likeness (QED) is 0.274. The van der Waals surface area contributed by atoms with Gasteiger partial charge in [-0.05, 0) is 46.0 Å². The van der Waals surface area contributed by atoms with Gasteiger partial charge in [0.05, 0.1) is 19.3 Å². The fourth-order valence-corrected chi connectivity index (χ4v) is 5.11. The summed E-state index contributed by atoms with van der Waals surface area (Å²) in [5.41, 5.74) is 0.293. The van der Waals surface area contributed by atoms with Crippen LogP contribution in [0.2, 0.25) is 0 Å². The molecule has 0 bridgehead atoms. The van der Waals surface area contributed by atoms with Crippen LogP contribution in [0.5, 0.6) is 0 Å². The van der Waals surface area contributed by atoms with Gasteiger partial charge in [0.2, 0.25) is 0 Å². The maximum atomic E-state index is 9.42. The summed E-state index contributed by atoms with van der Waals surface area (Å²) in [6.45, 7) is 8.24. The van der Waals surface area contributed by atoms with Gasteiger partial charge in [-0.1, -0.05) is 12.8 Å². The Morgan fingerprint density at radius 2 is 2.04 bits per heavy atom. The Labute approximate surface area is 181 Å². The lowest BCUT2D eigenvalue weighted by atomic mass is 9.60. The first-order valence-corrected chi connectivity index (χ1v) is 10.5. The van der Waals surface area contributed by atoms with Crippen molar-refractivity contribution < 1.29 is 14.6 Å². The van der Waals surface area contributed by atoms with Crippen molar-refractivity contribution in [2.24, 2.45) is 15.8 Å². The maximum Gasteiger partial charge on any atom is 0.191 e. The highest BCUT2D eigenvalue weighted by molar-refractivity contribution is 14.0. The largest absolute Gasteiger partial charge is 0.396 e. The Morgan fingerprint density at radius 3 is 2.63 bits per heavy atom. The number of nitrogens with one attached hydrogen (secondary N) is 2. The van der Waals surface area contributed by atoms with E-state index in [0.717, 1.165) is 45.0 Å². The van der Waals surface area contributed by atoms with E-state index in [0.29, 0.717) is 30.7 Å². The molecule has 1 spiro atoms. The van der Waals surface area contributed by atoms with E-state index in [9.17, 15) is 5.11 Å². The smallest absolute Gasteiger partial charge is 0.191 e. The number of aliphatic hydroxyl groups is 1. The van der Waals surface area contributed by atoms with E-state index in [1.807, 2.05) is 0 Å². The predicted octanol–water partition coefficient (Wildman–Crippen LogP) is 2.69. The minimum atomic E-state index is -0.00435. The van der Waals surface area contributed by atoms with Crippen molar-refractivity contribution in [3.8, 4) is 0 Å². The van der Waals surface area contributed by atoms with E-state index >= 15 is 0 Å². The van der Waals surface area contributed by atoms with Crippen molar-refractivity contribution in [3.63, 3.8) is 0 Å². The van der Waals surface area contributed by atoms with Gasteiger partial charge in [0.1, 0.15) is 0 Å². The van der Waals surface area contributed by atoms with Crippen LogP contribution in [-0.2, 0) is 9.47 Å². The third-order valence-electron chi connectivity index (χ3n) is 6.74. The van der Waals surface area contributed by atoms with Gasteiger partial charge in [0, 0.05) is 43.2 Å². The lowest BCUT2D eigenvalue weighted by molar-refractivity contribution is -0.125. The first kappa shape index (κ1) is 23.2. The van der Waals surface area contributed by atoms with E-state index < -0.39 is 0 Å². The van der Waals surface area contributed by atoms with Gasteiger partial charge in [-0.25, -0.2) is 0 Å². The number of halogens is 1. The molecule has 27 heavy (non-hydrogen) atoms. The highest BCUT2D eigenvalue weighted by atomic mass is 127.